The van der Waals surface area contributed by atoms with Gasteiger partial charge in [0, 0.05) is 28.7 Å². The van der Waals surface area contributed by atoms with Crippen LogP contribution in [-0.2, 0) is 0 Å². The van der Waals surface area contributed by atoms with Gasteiger partial charge in [-0.05, 0) is 24.4 Å². The maximum Gasteiger partial charge on any atom is 0.158 e. The molecule has 3 nitrogen and oxygen atoms in total. The zero-order valence-electron chi connectivity index (χ0n) is 7.65. The number of rotatable bonds is 1. The zero-order valence-corrected chi connectivity index (χ0v) is 9.28. The van der Waals surface area contributed by atoms with Crippen LogP contribution in [0.3, 0.4) is 0 Å². The van der Waals surface area contributed by atoms with E-state index in [2.05, 4.69) is 15.0 Å². The van der Waals surface area contributed by atoms with Crippen molar-refractivity contribution in [2.24, 2.45) is 0 Å². The molecule has 3 aromatic rings. The molecule has 0 aliphatic rings. The topological polar surface area (TPSA) is 44.5 Å². The highest BCUT2D eigenvalue weighted by atomic mass is 32.1. The van der Waals surface area contributed by atoms with E-state index in [0.717, 1.165) is 26.2 Å². The molecule has 5 heteroatoms. The summed E-state index contributed by atoms with van der Waals surface area (Å²) in [6, 6.07) is 3.98. The van der Waals surface area contributed by atoms with Crippen LogP contribution in [0.4, 0.5) is 0 Å². The van der Waals surface area contributed by atoms with Crippen LogP contribution in [0.1, 0.15) is 0 Å². The van der Waals surface area contributed by atoms with Gasteiger partial charge in [-0.15, -0.1) is 11.3 Å². The molecule has 15 heavy (non-hydrogen) atoms. The third-order valence-electron chi connectivity index (χ3n) is 2.26. The third-order valence-corrected chi connectivity index (χ3v) is 3.32. The predicted molar refractivity (Wildman–Crippen MR) is 64.6 cm³/mol. The number of hydrogen-bond donors (Lipinski definition) is 2. The molecule has 0 saturated heterocycles. The van der Waals surface area contributed by atoms with E-state index in [1.807, 2.05) is 23.7 Å². The number of pyridine rings is 1. The fourth-order valence-electron chi connectivity index (χ4n) is 1.59. The average Bonchev–Trinajstić information content (AvgIpc) is 2.83. The molecule has 0 aromatic carbocycles. The Morgan fingerprint density at radius 2 is 2.33 bits per heavy atom. The van der Waals surface area contributed by atoms with Crippen LogP contribution in [0.25, 0.3) is 22.3 Å². The van der Waals surface area contributed by atoms with E-state index >= 15 is 0 Å². The van der Waals surface area contributed by atoms with Gasteiger partial charge in [-0.25, -0.2) is 4.98 Å². The number of hydrogen-bond acceptors (Lipinski definition) is 3. The van der Waals surface area contributed by atoms with Crippen molar-refractivity contribution < 1.29 is 0 Å². The normalized spacial score (nSPS) is 10.9. The van der Waals surface area contributed by atoms with Gasteiger partial charge in [0.15, 0.2) is 3.95 Å². The summed E-state index contributed by atoms with van der Waals surface area (Å²) >= 11 is 6.60. The maximum absolute atomic E-state index is 5.07. The monoisotopic (exact) mass is 233 g/mol. The van der Waals surface area contributed by atoms with Gasteiger partial charge in [-0.1, -0.05) is 0 Å². The van der Waals surface area contributed by atoms with E-state index in [1.54, 1.807) is 6.20 Å². The van der Waals surface area contributed by atoms with Gasteiger partial charge in [0.1, 0.15) is 5.65 Å². The van der Waals surface area contributed by atoms with Gasteiger partial charge >= 0.3 is 0 Å². The number of H-pyrrole nitrogens is 2. The van der Waals surface area contributed by atoms with E-state index in [4.69, 9.17) is 12.2 Å². The lowest BCUT2D eigenvalue weighted by atomic mass is 10.2. The van der Waals surface area contributed by atoms with Crippen molar-refractivity contribution >= 4 is 34.6 Å². The molecule has 0 radical (unpaired) electrons. The molecule has 0 spiro atoms. The molecule has 0 amide bonds. The highest BCUT2D eigenvalue weighted by Gasteiger charge is 2.06. The molecule has 0 saturated carbocycles. The summed E-state index contributed by atoms with van der Waals surface area (Å²) in [6.07, 6.45) is 3.73. The van der Waals surface area contributed by atoms with Crippen LogP contribution < -0.4 is 0 Å². The zero-order chi connectivity index (χ0) is 10.3. The van der Waals surface area contributed by atoms with Gasteiger partial charge in [-0.2, -0.15) is 0 Å². The molecule has 0 aliphatic carbocycles. The van der Waals surface area contributed by atoms with Crippen molar-refractivity contribution in [1.82, 2.24) is 15.0 Å². The van der Waals surface area contributed by atoms with Gasteiger partial charge in [0.2, 0.25) is 0 Å². The first-order chi connectivity index (χ1) is 7.34. The molecule has 2 N–H and O–H groups in total. The van der Waals surface area contributed by atoms with Crippen molar-refractivity contribution in [1.29, 1.82) is 0 Å². The molecular formula is C10H7N3S2. The fraction of sp³-hybridized carbons (Fsp3) is 0. The standard InChI is InChI=1S/C10H7N3S2/c14-10-13-8(5-15-10)7-4-12-9-6(7)2-1-3-11-9/h1-5H,(H,11,12)(H,13,14). The minimum absolute atomic E-state index is 0.795. The smallest absolute Gasteiger partial charge is 0.158 e. The summed E-state index contributed by atoms with van der Waals surface area (Å²) < 4.78 is 0.795. The highest BCUT2D eigenvalue weighted by molar-refractivity contribution is 7.73. The number of aromatic amines is 2. The summed E-state index contributed by atoms with van der Waals surface area (Å²) in [6.45, 7) is 0. The number of aromatic nitrogens is 3. The Morgan fingerprint density at radius 1 is 1.40 bits per heavy atom. The lowest BCUT2D eigenvalue weighted by Crippen LogP contribution is -1.75. The first-order valence-electron chi connectivity index (χ1n) is 4.45. The van der Waals surface area contributed by atoms with Crippen LogP contribution in [0, 0.1) is 3.95 Å². The van der Waals surface area contributed by atoms with Gasteiger partial charge in [-0.3, -0.25) is 0 Å². The minimum atomic E-state index is 0.795. The molecule has 3 heterocycles. The number of fused-ring (bicyclic) bond motifs is 1. The van der Waals surface area contributed by atoms with Crippen LogP contribution in [0.2, 0.25) is 0 Å². The first-order valence-corrected chi connectivity index (χ1v) is 5.74. The summed E-state index contributed by atoms with van der Waals surface area (Å²) in [5, 5.41) is 3.14. The molecule has 0 unspecified atom stereocenters. The lowest BCUT2D eigenvalue weighted by molar-refractivity contribution is 1.32. The van der Waals surface area contributed by atoms with Crippen molar-refractivity contribution in [3.63, 3.8) is 0 Å². The Bertz CT molecular complexity index is 662. The molecule has 74 valence electrons. The molecule has 3 aromatic heterocycles. The molecule has 0 fully saturated rings. The number of nitrogens with zero attached hydrogens (tertiary/aromatic N) is 1. The molecule has 0 atom stereocenters. The fourth-order valence-corrected chi connectivity index (χ4v) is 2.42. The quantitative estimate of drug-likeness (QED) is 0.633. The predicted octanol–water partition coefficient (Wildman–Crippen LogP) is 3.35. The third kappa shape index (κ3) is 1.40. The van der Waals surface area contributed by atoms with E-state index in [9.17, 15) is 0 Å². The second kappa shape index (κ2) is 3.29. The van der Waals surface area contributed by atoms with Gasteiger partial charge in [0.05, 0.1) is 5.69 Å². The SMILES string of the molecule is S=c1[nH]c(-c2c[nH]c3ncccc23)cs1. The minimum Gasteiger partial charge on any atom is -0.345 e. The van der Waals surface area contributed by atoms with Crippen LogP contribution in [0.5, 0.6) is 0 Å². The summed E-state index contributed by atoms with van der Waals surface area (Å²) in [4.78, 5) is 10.5. The summed E-state index contributed by atoms with van der Waals surface area (Å²) in [5.41, 5.74) is 3.06. The second-order valence-corrected chi connectivity index (χ2v) is 4.71. The largest absolute Gasteiger partial charge is 0.345 e. The van der Waals surface area contributed by atoms with Gasteiger partial charge in [0.25, 0.3) is 0 Å². The molecular weight excluding hydrogens is 226 g/mol. The van der Waals surface area contributed by atoms with Crippen LogP contribution >= 0.6 is 23.6 Å². The Morgan fingerprint density at radius 3 is 3.13 bits per heavy atom. The summed E-state index contributed by atoms with van der Waals surface area (Å²) in [5.74, 6) is 0. The van der Waals surface area contributed by atoms with E-state index < -0.39 is 0 Å². The Balaban J connectivity index is 2.32. The van der Waals surface area contributed by atoms with Crippen molar-refractivity contribution in [3.05, 3.63) is 33.9 Å². The van der Waals surface area contributed by atoms with Gasteiger partial charge < -0.3 is 9.97 Å². The lowest BCUT2D eigenvalue weighted by Gasteiger charge is -1.92. The number of nitrogens with one attached hydrogen (secondary N) is 2. The average molecular weight is 233 g/mol. The highest BCUT2D eigenvalue weighted by Crippen LogP contribution is 2.27. The maximum atomic E-state index is 5.07. The Hall–Kier alpha value is -1.46. The van der Waals surface area contributed by atoms with E-state index in [-0.39, 0.29) is 0 Å². The van der Waals surface area contributed by atoms with Crippen molar-refractivity contribution in [2.75, 3.05) is 0 Å². The van der Waals surface area contributed by atoms with Crippen molar-refractivity contribution in [2.45, 2.75) is 0 Å². The second-order valence-electron chi connectivity index (χ2n) is 3.16. The van der Waals surface area contributed by atoms with E-state index in [1.165, 1.54) is 11.3 Å². The Kier molecular flexibility index (Phi) is 1.93. The summed E-state index contributed by atoms with van der Waals surface area (Å²) in [7, 11) is 0. The molecule has 0 aliphatic heterocycles. The first kappa shape index (κ1) is 8.82. The molecule has 0 bridgehead atoms. The van der Waals surface area contributed by atoms with E-state index in [0.29, 0.717) is 0 Å². The van der Waals surface area contributed by atoms with Crippen LogP contribution in [-0.4, -0.2) is 15.0 Å². The number of thiazole rings is 1. The van der Waals surface area contributed by atoms with Crippen LogP contribution in [0.15, 0.2) is 29.9 Å². The Labute approximate surface area is 94.8 Å². The molecule has 3 rings (SSSR count). The van der Waals surface area contributed by atoms with Crippen molar-refractivity contribution in [3.8, 4) is 11.3 Å².